The van der Waals surface area contributed by atoms with Crippen LogP contribution in [0.2, 0.25) is 5.02 Å². The number of piperazine rings is 1. The number of rotatable bonds is 3. The summed E-state index contributed by atoms with van der Waals surface area (Å²) in [5.74, 6) is -0.125. The molecule has 0 aromatic heterocycles. The van der Waals surface area contributed by atoms with E-state index in [0.29, 0.717) is 31.2 Å². The first-order chi connectivity index (χ1) is 10.9. The van der Waals surface area contributed by atoms with Crippen LogP contribution in [0.4, 0.5) is 0 Å². The van der Waals surface area contributed by atoms with Crippen molar-refractivity contribution in [1.82, 2.24) is 9.80 Å². The SMILES string of the molecule is CC(O)C(=O)N1CCN(C(=O)C2(c3ccc(Cl)cc3)CC2)CC1. The molecule has 0 bridgehead atoms. The number of hydrogen-bond acceptors (Lipinski definition) is 3. The Hall–Kier alpha value is -1.59. The molecule has 6 heteroatoms. The molecular weight excluding hydrogens is 316 g/mol. The van der Waals surface area contributed by atoms with Gasteiger partial charge in [0.2, 0.25) is 5.91 Å². The Morgan fingerprint density at radius 3 is 2.09 bits per heavy atom. The zero-order valence-electron chi connectivity index (χ0n) is 13.2. The van der Waals surface area contributed by atoms with E-state index in [4.69, 9.17) is 11.6 Å². The molecule has 2 aliphatic rings. The number of carbonyl (C=O) groups excluding carboxylic acids is 2. The Kier molecular flexibility index (Phi) is 4.34. The van der Waals surface area contributed by atoms with Crippen molar-refractivity contribution >= 4 is 23.4 Å². The fraction of sp³-hybridized carbons (Fsp3) is 0.529. The summed E-state index contributed by atoms with van der Waals surface area (Å²) in [5.41, 5.74) is 0.621. The lowest BCUT2D eigenvalue weighted by atomic mass is 9.94. The van der Waals surface area contributed by atoms with Gasteiger partial charge in [0.1, 0.15) is 6.10 Å². The first kappa shape index (κ1) is 16.3. The molecule has 1 aromatic rings. The Morgan fingerprint density at radius 1 is 1.09 bits per heavy atom. The number of carbonyl (C=O) groups is 2. The van der Waals surface area contributed by atoms with Gasteiger partial charge in [0.05, 0.1) is 5.41 Å². The van der Waals surface area contributed by atoms with E-state index in [1.165, 1.54) is 6.92 Å². The first-order valence-electron chi connectivity index (χ1n) is 7.96. The number of aliphatic hydroxyl groups is 1. The Labute approximate surface area is 140 Å². The lowest BCUT2D eigenvalue weighted by Gasteiger charge is -2.37. The van der Waals surface area contributed by atoms with Crippen molar-refractivity contribution in [2.24, 2.45) is 0 Å². The normalized spacial score (nSPS) is 21.0. The monoisotopic (exact) mass is 336 g/mol. The fourth-order valence-corrected chi connectivity index (χ4v) is 3.34. The number of halogens is 1. The summed E-state index contributed by atoms with van der Waals surface area (Å²) in [6.07, 6.45) is 0.738. The van der Waals surface area contributed by atoms with Crippen LogP contribution >= 0.6 is 11.6 Å². The van der Waals surface area contributed by atoms with Crippen molar-refractivity contribution in [2.45, 2.75) is 31.3 Å². The van der Waals surface area contributed by atoms with Crippen molar-refractivity contribution in [3.63, 3.8) is 0 Å². The van der Waals surface area contributed by atoms with Crippen molar-refractivity contribution in [1.29, 1.82) is 0 Å². The van der Waals surface area contributed by atoms with E-state index >= 15 is 0 Å². The van der Waals surface area contributed by atoms with Gasteiger partial charge in [-0.2, -0.15) is 0 Å². The van der Waals surface area contributed by atoms with Crippen molar-refractivity contribution in [3.8, 4) is 0 Å². The molecule has 1 saturated carbocycles. The van der Waals surface area contributed by atoms with Crippen LogP contribution in [0.15, 0.2) is 24.3 Å². The maximum Gasteiger partial charge on any atom is 0.251 e. The molecule has 1 heterocycles. The zero-order chi connectivity index (χ0) is 16.6. The van der Waals surface area contributed by atoms with Crippen LogP contribution < -0.4 is 0 Å². The maximum absolute atomic E-state index is 12.9. The van der Waals surface area contributed by atoms with Crippen molar-refractivity contribution < 1.29 is 14.7 Å². The van der Waals surface area contributed by atoms with Gasteiger partial charge in [-0.15, -0.1) is 0 Å². The van der Waals surface area contributed by atoms with E-state index < -0.39 is 11.5 Å². The van der Waals surface area contributed by atoms with E-state index in [1.54, 1.807) is 4.90 Å². The standard InChI is InChI=1S/C17H21ClN2O3/c1-12(21)15(22)19-8-10-20(11-9-19)16(23)17(6-7-17)13-2-4-14(18)5-3-13/h2-5,12,21H,6-11H2,1H3. The van der Waals surface area contributed by atoms with Gasteiger partial charge in [-0.05, 0) is 37.5 Å². The molecule has 3 rings (SSSR count). The summed E-state index contributed by atoms with van der Waals surface area (Å²) in [4.78, 5) is 28.2. The van der Waals surface area contributed by atoms with E-state index in [-0.39, 0.29) is 11.8 Å². The van der Waals surface area contributed by atoms with Crippen LogP contribution in [0.25, 0.3) is 0 Å². The van der Waals surface area contributed by atoms with Gasteiger partial charge in [0.15, 0.2) is 0 Å². The van der Waals surface area contributed by atoms with Crippen LogP contribution in [-0.4, -0.2) is 59.0 Å². The third-order valence-electron chi connectivity index (χ3n) is 4.79. The maximum atomic E-state index is 12.9. The molecular formula is C17H21ClN2O3. The van der Waals surface area contributed by atoms with Crippen molar-refractivity contribution in [3.05, 3.63) is 34.9 Å². The number of aliphatic hydroxyl groups excluding tert-OH is 1. The molecule has 0 radical (unpaired) electrons. The highest BCUT2D eigenvalue weighted by molar-refractivity contribution is 6.30. The van der Waals surface area contributed by atoms with Gasteiger partial charge < -0.3 is 14.9 Å². The van der Waals surface area contributed by atoms with Gasteiger partial charge in [0, 0.05) is 31.2 Å². The predicted octanol–water partition coefficient (Wildman–Crippen LogP) is 1.42. The molecule has 1 aliphatic heterocycles. The van der Waals surface area contributed by atoms with Gasteiger partial charge in [-0.1, -0.05) is 23.7 Å². The average Bonchev–Trinajstić information content (AvgIpc) is 3.36. The average molecular weight is 337 g/mol. The first-order valence-corrected chi connectivity index (χ1v) is 8.34. The van der Waals surface area contributed by atoms with Gasteiger partial charge in [-0.25, -0.2) is 0 Å². The van der Waals surface area contributed by atoms with Gasteiger partial charge in [-0.3, -0.25) is 9.59 Å². The summed E-state index contributed by atoms with van der Waals surface area (Å²) < 4.78 is 0. The summed E-state index contributed by atoms with van der Waals surface area (Å²) in [6, 6.07) is 7.51. The number of nitrogens with zero attached hydrogens (tertiary/aromatic N) is 2. The van der Waals surface area contributed by atoms with Crippen LogP contribution in [0, 0.1) is 0 Å². The molecule has 1 N–H and O–H groups in total. The molecule has 2 amide bonds. The summed E-state index contributed by atoms with van der Waals surface area (Å²) in [6.45, 7) is 3.47. The minimum absolute atomic E-state index is 0.143. The minimum Gasteiger partial charge on any atom is -0.384 e. The lowest BCUT2D eigenvalue weighted by molar-refractivity contribution is -0.145. The molecule has 1 aromatic carbocycles. The smallest absolute Gasteiger partial charge is 0.251 e. The van der Waals surface area contributed by atoms with E-state index in [1.807, 2.05) is 29.2 Å². The fourth-order valence-electron chi connectivity index (χ4n) is 3.22. The molecule has 5 nitrogen and oxygen atoms in total. The van der Waals surface area contributed by atoms with Crippen molar-refractivity contribution in [2.75, 3.05) is 26.2 Å². The Bertz CT molecular complexity index is 603. The molecule has 1 unspecified atom stereocenters. The highest BCUT2D eigenvalue weighted by Crippen LogP contribution is 2.49. The summed E-state index contributed by atoms with van der Waals surface area (Å²) in [7, 11) is 0. The Morgan fingerprint density at radius 2 is 1.61 bits per heavy atom. The van der Waals surface area contributed by atoms with Crippen LogP contribution in [0.5, 0.6) is 0 Å². The molecule has 23 heavy (non-hydrogen) atoms. The largest absolute Gasteiger partial charge is 0.384 e. The highest BCUT2D eigenvalue weighted by Gasteiger charge is 2.53. The van der Waals surface area contributed by atoms with Gasteiger partial charge in [0.25, 0.3) is 5.91 Å². The second kappa shape index (κ2) is 6.13. The highest BCUT2D eigenvalue weighted by atomic mass is 35.5. The van der Waals surface area contributed by atoms with E-state index in [9.17, 15) is 14.7 Å². The topological polar surface area (TPSA) is 60.9 Å². The number of hydrogen-bond donors (Lipinski definition) is 1. The lowest BCUT2D eigenvalue weighted by Crippen LogP contribution is -2.54. The van der Waals surface area contributed by atoms with E-state index in [0.717, 1.165) is 18.4 Å². The van der Waals surface area contributed by atoms with Gasteiger partial charge >= 0.3 is 0 Å². The van der Waals surface area contributed by atoms with Crippen LogP contribution in [0.3, 0.4) is 0 Å². The molecule has 1 atom stereocenters. The van der Waals surface area contributed by atoms with Crippen LogP contribution in [0.1, 0.15) is 25.3 Å². The van der Waals surface area contributed by atoms with Crippen LogP contribution in [-0.2, 0) is 15.0 Å². The number of benzene rings is 1. The molecule has 124 valence electrons. The summed E-state index contributed by atoms with van der Waals surface area (Å²) in [5, 5.41) is 10.0. The molecule has 1 aliphatic carbocycles. The number of amides is 2. The minimum atomic E-state index is -0.985. The molecule has 0 spiro atoms. The third-order valence-corrected chi connectivity index (χ3v) is 5.04. The predicted molar refractivity (Wildman–Crippen MR) is 87.2 cm³/mol. The summed E-state index contributed by atoms with van der Waals surface area (Å²) >= 11 is 5.93. The molecule has 2 fully saturated rings. The van der Waals surface area contributed by atoms with E-state index in [2.05, 4.69) is 0 Å². The second-order valence-electron chi connectivity index (χ2n) is 6.38. The second-order valence-corrected chi connectivity index (χ2v) is 6.82. The quantitative estimate of drug-likeness (QED) is 0.908. The zero-order valence-corrected chi connectivity index (χ0v) is 13.9. The third kappa shape index (κ3) is 3.08. The Balaban J connectivity index is 1.66. The molecule has 1 saturated heterocycles.